The molecule has 0 unspecified atom stereocenters. The lowest BCUT2D eigenvalue weighted by atomic mass is 10.1. The van der Waals surface area contributed by atoms with Crippen molar-refractivity contribution in [1.82, 2.24) is 9.55 Å². The molecule has 0 aliphatic carbocycles. The fourth-order valence-electron chi connectivity index (χ4n) is 1.91. The van der Waals surface area contributed by atoms with Gasteiger partial charge in [-0.3, -0.25) is 0 Å². The van der Waals surface area contributed by atoms with Gasteiger partial charge in [-0.25, -0.2) is 14.2 Å². The highest BCUT2D eigenvalue weighted by molar-refractivity contribution is 5.96. The molecule has 0 fully saturated rings. The van der Waals surface area contributed by atoms with Crippen LogP contribution in [-0.2, 0) is 11.3 Å². The summed E-state index contributed by atoms with van der Waals surface area (Å²) in [5.41, 5.74) is 6.05. The van der Waals surface area contributed by atoms with Gasteiger partial charge in [0.05, 0.1) is 24.7 Å². The molecule has 0 atom stereocenters. The number of hydrogen-bond acceptors (Lipinski definition) is 5. The maximum atomic E-state index is 13.8. The van der Waals surface area contributed by atoms with Crippen LogP contribution in [-0.4, -0.2) is 29.2 Å². The molecule has 0 spiro atoms. The zero-order chi connectivity index (χ0) is 15.2. The molecule has 0 saturated carbocycles. The molecule has 0 radical (unpaired) electrons. The van der Waals surface area contributed by atoms with E-state index in [-0.39, 0.29) is 16.9 Å². The third-order valence-corrected chi connectivity index (χ3v) is 3.01. The van der Waals surface area contributed by atoms with Crippen molar-refractivity contribution < 1.29 is 13.9 Å². The normalized spacial score (nSPS) is 10.4. The number of nitrogens with zero attached hydrogens (tertiary/aromatic N) is 2. The number of anilines is 2. The van der Waals surface area contributed by atoms with Gasteiger partial charge >= 0.3 is 5.97 Å². The van der Waals surface area contributed by atoms with Gasteiger partial charge in [-0.2, -0.15) is 0 Å². The van der Waals surface area contributed by atoms with Crippen molar-refractivity contribution in [2.75, 3.05) is 24.7 Å². The molecule has 2 aromatic rings. The molecular weight excluding hydrogens is 275 g/mol. The van der Waals surface area contributed by atoms with Crippen LogP contribution in [0, 0.1) is 5.82 Å². The number of carbonyl (C=O) groups is 1. The topological polar surface area (TPSA) is 82.2 Å². The van der Waals surface area contributed by atoms with Crippen LogP contribution in [0.5, 0.6) is 0 Å². The van der Waals surface area contributed by atoms with E-state index in [0.717, 1.165) is 19.0 Å². The number of carbonyl (C=O) groups excluding carboxylic acids is 1. The monoisotopic (exact) mass is 292 g/mol. The Hall–Kier alpha value is -2.57. The van der Waals surface area contributed by atoms with Gasteiger partial charge in [0, 0.05) is 31.2 Å². The Morgan fingerprint density at radius 3 is 3.00 bits per heavy atom. The Morgan fingerprint density at radius 1 is 1.52 bits per heavy atom. The second kappa shape index (κ2) is 6.74. The van der Waals surface area contributed by atoms with Crippen LogP contribution in [0.4, 0.5) is 15.8 Å². The molecule has 0 amide bonds. The number of nitrogens with one attached hydrogen (secondary N) is 1. The average Bonchev–Trinajstić information content (AvgIpc) is 2.98. The number of rotatable bonds is 6. The molecule has 0 saturated heterocycles. The molecule has 7 heteroatoms. The van der Waals surface area contributed by atoms with Gasteiger partial charge in [0.2, 0.25) is 0 Å². The van der Waals surface area contributed by atoms with Crippen LogP contribution < -0.4 is 11.1 Å². The molecule has 21 heavy (non-hydrogen) atoms. The minimum Gasteiger partial charge on any atom is -0.465 e. The van der Waals surface area contributed by atoms with Crippen LogP contribution in [0.1, 0.15) is 16.8 Å². The van der Waals surface area contributed by atoms with E-state index >= 15 is 0 Å². The fourth-order valence-corrected chi connectivity index (χ4v) is 1.91. The molecule has 0 aliphatic heterocycles. The van der Waals surface area contributed by atoms with Crippen LogP contribution in [0.15, 0.2) is 30.9 Å². The zero-order valence-electron chi connectivity index (χ0n) is 11.7. The van der Waals surface area contributed by atoms with E-state index in [0.29, 0.717) is 6.54 Å². The summed E-state index contributed by atoms with van der Waals surface area (Å²) in [6.45, 7) is 1.33. The first-order chi connectivity index (χ1) is 10.1. The number of esters is 1. The summed E-state index contributed by atoms with van der Waals surface area (Å²) in [6.07, 6.45) is 6.07. The minimum atomic E-state index is -0.589. The minimum absolute atomic E-state index is 0.0586. The van der Waals surface area contributed by atoms with Crippen LogP contribution >= 0.6 is 0 Å². The Bertz CT molecular complexity index is 614. The quantitative estimate of drug-likeness (QED) is 0.483. The Kier molecular flexibility index (Phi) is 4.76. The molecule has 1 aromatic carbocycles. The molecular formula is C14H17FN4O2. The summed E-state index contributed by atoms with van der Waals surface area (Å²) < 4.78 is 20.3. The second-order valence-electron chi connectivity index (χ2n) is 4.49. The number of ether oxygens (including phenoxy) is 1. The van der Waals surface area contributed by atoms with Crippen LogP contribution in [0.25, 0.3) is 0 Å². The number of benzene rings is 1. The summed E-state index contributed by atoms with van der Waals surface area (Å²) in [5, 5.41) is 2.95. The van der Waals surface area contributed by atoms with Gasteiger partial charge in [-0.15, -0.1) is 0 Å². The summed E-state index contributed by atoms with van der Waals surface area (Å²) in [6, 6.07) is 2.48. The van der Waals surface area contributed by atoms with Crippen molar-refractivity contribution in [2.24, 2.45) is 0 Å². The average molecular weight is 292 g/mol. The summed E-state index contributed by atoms with van der Waals surface area (Å²) in [5.74, 6) is -1.09. The molecule has 112 valence electrons. The third-order valence-electron chi connectivity index (χ3n) is 3.01. The lowest BCUT2D eigenvalue weighted by Crippen LogP contribution is -2.11. The van der Waals surface area contributed by atoms with Gasteiger partial charge in [-0.05, 0) is 18.6 Å². The largest absolute Gasteiger partial charge is 0.465 e. The molecule has 0 bridgehead atoms. The second-order valence-corrected chi connectivity index (χ2v) is 4.49. The van der Waals surface area contributed by atoms with Crippen molar-refractivity contribution in [3.8, 4) is 0 Å². The molecule has 2 rings (SSSR count). The SMILES string of the molecule is COC(=O)c1cc(NCCCn2ccnc2)c(F)cc1N. The number of hydrogen-bond donors (Lipinski definition) is 2. The number of aromatic nitrogens is 2. The van der Waals surface area contributed by atoms with Gasteiger partial charge in [0.25, 0.3) is 0 Å². The summed E-state index contributed by atoms with van der Waals surface area (Å²) in [4.78, 5) is 15.5. The van der Waals surface area contributed by atoms with Crippen molar-refractivity contribution >= 4 is 17.3 Å². The summed E-state index contributed by atoms with van der Waals surface area (Å²) in [7, 11) is 1.25. The lowest BCUT2D eigenvalue weighted by molar-refractivity contribution is 0.0602. The molecule has 6 nitrogen and oxygen atoms in total. The van der Waals surface area contributed by atoms with E-state index in [9.17, 15) is 9.18 Å². The van der Waals surface area contributed by atoms with E-state index in [4.69, 9.17) is 5.73 Å². The first-order valence-electron chi connectivity index (χ1n) is 6.48. The molecule has 1 aromatic heterocycles. The number of nitrogen functional groups attached to an aromatic ring is 1. The van der Waals surface area contributed by atoms with E-state index in [2.05, 4.69) is 15.0 Å². The first-order valence-corrected chi connectivity index (χ1v) is 6.48. The van der Waals surface area contributed by atoms with E-state index in [1.807, 2.05) is 10.8 Å². The highest BCUT2D eigenvalue weighted by Gasteiger charge is 2.14. The number of methoxy groups -OCH3 is 1. The predicted molar refractivity (Wildman–Crippen MR) is 77.5 cm³/mol. The van der Waals surface area contributed by atoms with E-state index in [1.165, 1.54) is 13.2 Å². The zero-order valence-corrected chi connectivity index (χ0v) is 11.7. The molecule has 3 N–H and O–H groups in total. The standard InChI is InChI=1S/C14H17FN4O2/c1-21-14(20)10-7-13(11(15)8-12(10)16)18-3-2-5-19-6-4-17-9-19/h4,6-9,18H,2-3,5,16H2,1H3. The smallest absolute Gasteiger partial charge is 0.340 e. The third kappa shape index (κ3) is 3.71. The lowest BCUT2D eigenvalue weighted by Gasteiger charge is -2.11. The number of aryl methyl sites for hydroxylation is 1. The van der Waals surface area contributed by atoms with Gasteiger partial charge in [-0.1, -0.05) is 0 Å². The Morgan fingerprint density at radius 2 is 2.33 bits per heavy atom. The van der Waals surface area contributed by atoms with Crippen molar-refractivity contribution in [1.29, 1.82) is 0 Å². The van der Waals surface area contributed by atoms with Gasteiger partial charge in [0.1, 0.15) is 5.82 Å². The highest BCUT2D eigenvalue weighted by atomic mass is 19.1. The Balaban J connectivity index is 1.97. The molecule has 1 heterocycles. The maximum absolute atomic E-state index is 13.8. The number of halogens is 1. The first kappa shape index (κ1) is 14.8. The van der Waals surface area contributed by atoms with Gasteiger partial charge in [0.15, 0.2) is 0 Å². The van der Waals surface area contributed by atoms with E-state index in [1.54, 1.807) is 12.5 Å². The fraction of sp³-hybridized carbons (Fsp3) is 0.286. The van der Waals surface area contributed by atoms with Gasteiger partial charge < -0.3 is 20.4 Å². The van der Waals surface area contributed by atoms with Crippen LogP contribution in [0.2, 0.25) is 0 Å². The maximum Gasteiger partial charge on any atom is 0.340 e. The van der Waals surface area contributed by atoms with Crippen molar-refractivity contribution in [3.05, 3.63) is 42.2 Å². The summed E-state index contributed by atoms with van der Waals surface area (Å²) >= 11 is 0. The highest BCUT2D eigenvalue weighted by Crippen LogP contribution is 2.22. The molecule has 0 aliphatic rings. The van der Waals surface area contributed by atoms with Crippen molar-refractivity contribution in [3.63, 3.8) is 0 Å². The number of nitrogens with two attached hydrogens (primary N) is 1. The van der Waals surface area contributed by atoms with E-state index < -0.39 is 11.8 Å². The predicted octanol–water partition coefficient (Wildman–Crippen LogP) is 1.89. The number of imidazole rings is 1. The van der Waals surface area contributed by atoms with Crippen molar-refractivity contribution in [2.45, 2.75) is 13.0 Å². The van der Waals surface area contributed by atoms with Crippen LogP contribution in [0.3, 0.4) is 0 Å². The Labute approximate surface area is 121 Å².